The Balaban J connectivity index is 2.67. The second-order valence-electron chi connectivity index (χ2n) is 3.25. The highest BCUT2D eigenvalue weighted by atomic mass is 79.9. The first-order valence-electron chi connectivity index (χ1n) is 4.85. The Morgan fingerprint density at radius 2 is 1.88 bits per heavy atom. The number of carbonyl (C=O) groups is 2. The molecular weight excluding hydrogens is 272 g/mol. The van der Waals surface area contributed by atoms with Crippen molar-refractivity contribution in [1.82, 2.24) is 0 Å². The first-order chi connectivity index (χ1) is 7.61. The van der Waals surface area contributed by atoms with Crippen LogP contribution in [0.3, 0.4) is 0 Å². The van der Waals surface area contributed by atoms with E-state index in [9.17, 15) is 9.59 Å². The lowest BCUT2D eigenvalue weighted by atomic mass is 10.2. The highest BCUT2D eigenvalue weighted by Crippen LogP contribution is 2.15. The summed E-state index contributed by atoms with van der Waals surface area (Å²) in [4.78, 5) is 22.2. The number of nitrogens with one attached hydrogen (secondary N) is 2. The van der Waals surface area contributed by atoms with Crippen molar-refractivity contribution < 1.29 is 9.59 Å². The molecule has 4 nitrogen and oxygen atoms in total. The van der Waals surface area contributed by atoms with Crippen molar-refractivity contribution in [3.8, 4) is 0 Å². The lowest BCUT2D eigenvalue weighted by molar-refractivity contribution is -0.116. The van der Waals surface area contributed by atoms with E-state index in [-0.39, 0.29) is 11.8 Å². The largest absolute Gasteiger partial charge is 0.326 e. The summed E-state index contributed by atoms with van der Waals surface area (Å²) in [6.07, 6.45) is 0.421. The first kappa shape index (κ1) is 12.7. The van der Waals surface area contributed by atoms with Gasteiger partial charge in [0.05, 0.1) is 0 Å². The quantitative estimate of drug-likeness (QED) is 0.834. The zero-order valence-corrected chi connectivity index (χ0v) is 10.5. The van der Waals surface area contributed by atoms with Gasteiger partial charge in [0.25, 0.3) is 0 Å². The molecule has 0 aliphatic carbocycles. The maximum atomic E-state index is 11.3. The van der Waals surface area contributed by atoms with Crippen LogP contribution in [0.5, 0.6) is 0 Å². The molecule has 2 amide bonds. The summed E-state index contributed by atoms with van der Waals surface area (Å²) >= 11 is 3.19. The minimum Gasteiger partial charge on any atom is -0.326 e. The molecule has 0 atom stereocenters. The summed E-state index contributed by atoms with van der Waals surface area (Å²) in [7, 11) is 0. The predicted octanol–water partition coefficient (Wildman–Crippen LogP) is 2.37. The molecule has 0 fully saturated rings. The Morgan fingerprint density at radius 3 is 2.44 bits per heavy atom. The van der Waals surface area contributed by atoms with Crippen LogP contribution in [-0.4, -0.2) is 17.1 Å². The molecule has 0 aliphatic rings. The highest BCUT2D eigenvalue weighted by Gasteiger charge is 2.02. The van der Waals surface area contributed by atoms with Gasteiger partial charge in [-0.05, 0) is 18.2 Å². The van der Waals surface area contributed by atoms with Gasteiger partial charge in [-0.3, -0.25) is 9.59 Å². The van der Waals surface area contributed by atoms with Crippen LogP contribution in [0.4, 0.5) is 11.4 Å². The SMILES string of the molecule is CC(=O)Nc1cccc(NC(=O)CCBr)c1. The monoisotopic (exact) mass is 284 g/mol. The van der Waals surface area contributed by atoms with E-state index in [1.807, 2.05) is 0 Å². The molecule has 1 aromatic carbocycles. The summed E-state index contributed by atoms with van der Waals surface area (Å²) in [5.74, 6) is -0.194. The maximum Gasteiger partial charge on any atom is 0.225 e. The molecule has 0 unspecified atom stereocenters. The van der Waals surface area contributed by atoms with Gasteiger partial charge >= 0.3 is 0 Å². The van der Waals surface area contributed by atoms with Crippen LogP contribution >= 0.6 is 15.9 Å². The molecule has 2 N–H and O–H groups in total. The van der Waals surface area contributed by atoms with Crippen LogP contribution in [0.15, 0.2) is 24.3 Å². The molecule has 1 rings (SSSR count). The molecule has 0 bridgehead atoms. The van der Waals surface area contributed by atoms with E-state index < -0.39 is 0 Å². The Morgan fingerprint density at radius 1 is 1.25 bits per heavy atom. The van der Waals surface area contributed by atoms with Crippen molar-refractivity contribution in [2.24, 2.45) is 0 Å². The zero-order valence-electron chi connectivity index (χ0n) is 8.92. The molecule has 86 valence electrons. The molecule has 1 aromatic rings. The van der Waals surface area contributed by atoms with E-state index >= 15 is 0 Å². The number of benzene rings is 1. The molecule has 16 heavy (non-hydrogen) atoms. The minimum atomic E-state index is -0.135. The number of alkyl halides is 1. The second kappa shape index (κ2) is 6.27. The highest BCUT2D eigenvalue weighted by molar-refractivity contribution is 9.09. The number of halogens is 1. The van der Waals surface area contributed by atoms with Crippen LogP contribution in [0.2, 0.25) is 0 Å². The van der Waals surface area contributed by atoms with E-state index in [0.717, 1.165) is 0 Å². The standard InChI is InChI=1S/C11H13BrN2O2/c1-8(15)13-9-3-2-4-10(7-9)14-11(16)5-6-12/h2-4,7H,5-6H2,1H3,(H,13,15)(H,14,16). The molecule has 0 saturated heterocycles. The van der Waals surface area contributed by atoms with Crippen molar-refractivity contribution in [3.63, 3.8) is 0 Å². The van der Waals surface area contributed by atoms with Crippen LogP contribution in [0.1, 0.15) is 13.3 Å². The van der Waals surface area contributed by atoms with Crippen molar-refractivity contribution in [2.75, 3.05) is 16.0 Å². The molecular formula is C11H13BrN2O2. The van der Waals surface area contributed by atoms with Crippen LogP contribution in [0.25, 0.3) is 0 Å². The van der Waals surface area contributed by atoms with Gasteiger partial charge in [-0.2, -0.15) is 0 Å². The average molecular weight is 285 g/mol. The van der Waals surface area contributed by atoms with Crippen LogP contribution in [0, 0.1) is 0 Å². The number of amides is 2. The zero-order chi connectivity index (χ0) is 12.0. The predicted molar refractivity (Wildman–Crippen MR) is 67.8 cm³/mol. The smallest absolute Gasteiger partial charge is 0.225 e. The van der Waals surface area contributed by atoms with E-state index in [0.29, 0.717) is 23.1 Å². The van der Waals surface area contributed by atoms with Crippen LogP contribution < -0.4 is 10.6 Å². The topological polar surface area (TPSA) is 58.2 Å². The van der Waals surface area contributed by atoms with Crippen molar-refractivity contribution in [1.29, 1.82) is 0 Å². The third kappa shape index (κ3) is 4.44. The molecule has 0 heterocycles. The van der Waals surface area contributed by atoms with Gasteiger partial charge in [0.2, 0.25) is 11.8 Å². The maximum absolute atomic E-state index is 11.3. The first-order valence-corrected chi connectivity index (χ1v) is 5.97. The van der Waals surface area contributed by atoms with E-state index in [1.54, 1.807) is 24.3 Å². The lowest BCUT2D eigenvalue weighted by Crippen LogP contribution is -2.12. The van der Waals surface area contributed by atoms with Gasteiger partial charge in [0, 0.05) is 30.0 Å². The number of hydrogen-bond donors (Lipinski definition) is 2. The van der Waals surface area contributed by atoms with Gasteiger partial charge in [-0.15, -0.1) is 0 Å². The lowest BCUT2D eigenvalue weighted by Gasteiger charge is -2.06. The number of carbonyl (C=O) groups excluding carboxylic acids is 2. The number of anilines is 2. The minimum absolute atomic E-state index is 0.0585. The third-order valence-corrected chi connectivity index (χ3v) is 2.18. The van der Waals surface area contributed by atoms with Gasteiger partial charge < -0.3 is 10.6 Å². The fourth-order valence-corrected chi connectivity index (χ4v) is 1.55. The van der Waals surface area contributed by atoms with Gasteiger partial charge in [0.1, 0.15) is 0 Å². The Bertz CT molecular complexity index is 393. The fourth-order valence-electron chi connectivity index (χ4n) is 1.19. The van der Waals surface area contributed by atoms with Gasteiger partial charge in [0.15, 0.2) is 0 Å². The van der Waals surface area contributed by atoms with Crippen molar-refractivity contribution >= 4 is 39.1 Å². The Kier molecular flexibility index (Phi) is 4.98. The molecule has 0 radical (unpaired) electrons. The molecule has 0 saturated carbocycles. The summed E-state index contributed by atoms with van der Waals surface area (Å²) < 4.78 is 0. The Hall–Kier alpha value is -1.36. The van der Waals surface area contributed by atoms with Crippen molar-refractivity contribution in [3.05, 3.63) is 24.3 Å². The van der Waals surface area contributed by atoms with Crippen LogP contribution in [-0.2, 0) is 9.59 Å². The molecule has 0 aromatic heterocycles. The van der Waals surface area contributed by atoms with E-state index in [1.165, 1.54) is 6.92 Å². The molecule has 5 heteroatoms. The fraction of sp³-hybridized carbons (Fsp3) is 0.273. The molecule has 0 aliphatic heterocycles. The summed E-state index contributed by atoms with van der Waals surface area (Å²) in [5, 5.41) is 6.02. The summed E-state index contributed by atoms with van der Waals surface area (Å²) in [6.45, 7) is 1.44. The van der Waals surface area contributed by atoms with E-state index in [2.05, 4.69) is 26.6 Å². The average Bonchev–Trinajstić information content (AvgIpc) is 2.17. The summed E-state index contributed by atoms with van der Waals surface area (Å²) in [5.41, 5.74) is 1.35. The molecule has 0 spiro atoms. The normalized spacial score (nSPS) is 9.62. The number of hydrogen-bond acceptors (Lipinski definition) is 2. The van der Waals surface area contributed by atoms with Gasteiger partial charge in [-0.1, -0.05) is 22.0 Å². The van der Waals surface area contributed by atoms with Gasteiger partial charge in [-0.25, -0.2) is 0 Å². The second-order valence-corrected chi connectivity index (χ2v) is 4.04. The van der Waals surface area contributed by atoms with E-state index in [4.69, 9.17) is 0 Å². The summed E-state index contributed by atoms with van der Waals surface area (Å²) in [6, 6.07) is 7.03. The number of rotatable bonds is 4. The third-order valence-electron chi connectivity index (χ3n) is 1.79. The van der Waals surface area contributed by atoms with Crippen molar-refractivity contribution in [2.45, 2.75) is 13.3 Å². The Labute approximate surface area is 103 Å².